The van der Waals surface area contributed by atoms with Crippen molar-refractivity contribution < 1.29 is 14.6 Å². The van der Waals surface area contributed by atoms with E-state index in [2.05, 4.69) is 31.1 Å². The lowest BCUT2D eigenvalue weighted by Gasteiger charge is -2.51. The number of rotatable bonds is 4. The van der Waals surface area contributed by atoms with Crippen molar-refractivity contribution in [3.05, 3.63) is 47.8 Å². The molecule has 1 N–H and O–H groups in total. The maximum atomic E-state index is 11.2. The van der Waals surface area contributed by atoms with Gasteiger partial charge in [0.1, 0.15) is 5.75 Å². The Morgan fingerprint density at radius 3 is 2.93 bits per heavy atom. The van der Waals surface area contributed by atoms with Crippen molar-refractivity contribution in [2.75, 3.05) is 13.7 Å². The zero-order valence-corrected chi connectivity index (χ0v) is 17.0. The van der Waals surface area contributed by atoms with Gasteiger partial charge in [-0.1, -0.05) is 19.9 Å². The van der Waals surface area contributed by atoms with Crippen molar-refractivity contribution in [1.29, 1.82) is 0 Å². The monoisotopic (exact) mass is 382 g/mol. The smallest absolute Gasteiger partial charge is 0.123 e. The molecule has 2 saturated carbocycles. The van der Waals surface area contributed by atoms with Crippen molar-refractivity contribution in [2.24, 2.45) is 22.7 Å². The van der Waals surface area contributed by atoms with Crippen LogP contribution in [-0.2, 0) is 11.3 Å². The number of nitrogens with zero attached hydrogens (tertiary/aromatic N) is 2. The average Bonchev–Trinajstić information content (AvgIpc) is 3.38. The molecule has 0 radical (unpaired) electrons. The fourth-order valence-electron chi connectivity index (χ4n) is 6.42. The highest BCUT2D eigenvalue weighted by molar-refractivity contribution is 5.39. The third-order valence-corrected chi connectivity index (χ3v) is 7.96. The Balaban J connectivity index is 1.48. The van der Waals surface area contributed by atoms with Crippen LogP contribution in [0.1, 0.15) is 50.3 Å². The zero-order chi connectivity index (χ0) is 19.5. The van der Waals surface area contributed by atoms with Crippen LogP contribution < -0.4 is 4.74 Å². The van der Waals surface area contributed by atoms with E-state index in [0.29, 0.717) is 18.4 Å². The van der Waals surface area contributed by atoms with Crippen LogP contribution >= 0.6 is 0 Å². The van der Waals surface area contributed by atoms with E-state index in [-0.39, 0.29) is 23.0 Å². The molecule has 2 aliphatic carbocycles. The molecule has 5 atom stereocenters. The maximum Gasteiger partial charge on any atom is 0.123 e. The molecular weight excluding hydrogens is 352 g/mol. The summed E-state index contributed by atoms with van der Waals surface area (Å²) in [5.74, 6) is 1.84. The fourth-order valence-corrected chi connectivity index (χ4v) is 6.42. The summed E-state index contributed by atoms with van der Waals surface area (Å²) in [6.45, 7) is 5.88. The van der Waals surface area contributed by atoms with Gasteiger partial charge in [0, 0.05) is 30.0 Å². The number of fused-ring (bicyclic) bond motifs is 1. The molecule has 28 heavy (non-hydrogen) atoms. The van der Waals surface area contributed by atoms with Crippen LogP contribution in [0, 0.1) is 22.7 Å². The summed E-state index contributed by atoms with van der Waals surface area (Å²) in [6.07, 6.45) is 6.83. The highest BCUT2D eigenvalue weighted by Gasteiger charge is 2.68. The highest BCUT2D eigenvalue weighted by Crippen LogP contribution is 2.70. The minimum absolute atomic E-state index is 0.0131. The van der Waals surface area contributed by atoms with Gasteiger partial charge in [0.25, 0.3) is 0 Å². The number of ether oxygens (including phenoxy) is 2. The first-order valence-corrected chi connectivity index (χ1v) is 10.4. The third kappa shape index (κ3) is 2.49. The van der Waals surface area contributed by atoms with Gasteiger partial charge in [0.2, 0.25) is 0 Å². The number of aliphatic hydroxyl groups excluding tert-OH is 1. The first-order valence-electron chi connectivity index (χ1n) is 10.4. The standard InChI is InChI=1S/C23H30N2O3/c1-22(2)17-12-18-20(28-10-7-23(18,13-17)21(22)26)15-5-6-19(27-3)16(11-15)14-25-9-4-8-24-25/h4-6,8-9,11,17-18,20-21,26H,7,10,12-14H2,1-3H3/t17-,18-,20-,21-,23-/m1/s1. The van der Waals surface area contributed by atoms with E-state index in [1.165, 1.54) is 5.56 Å². The predicted molar refractivity (Wildman–Crippen MR) is 106 cm³/mol. The van der Waals surface area contributed by atoms with E-state index in [0.717, 1.165) is 37.2 Å². The average molecular weight is 383 g/mol. The zero-order valence-electron chi connectivity index (χ0n) is 17.0. The maximum absolute atomic E-state index is 11.2. The molecule has 1 aromatic heterocycles. The van der Waals surface area contributed by atoms with E-state index < -0.39 is 0 Å². The number of aromatic nitrogens is 2. The SMILES string of the molecule is COc1ccc([C@H]2OCC[C@@]34C[C@@H](C[C@H]23)C(C)(C)[C@H]4O)cc1Cn1cccn1. The summed E-state index contributed by atoms with van der Waals surface area (Å²) in [6, 6.07) is 8.33. The lowest BCUT2D eigenvalue weighted by Crippen LogP contribution is -2.51. The topological polar surface area (TPSA) is 56.5 Å². The first kappa shape index (κ1) is 18.2. The van der Waals surface area contributed by atoms with E-state index in [1.54, 1.807) is 13.3 Å². The lowest BCUT2D eigenvalue weighted by atomic mass is 9.60. The molecule has 3 aliphatic rings. The van der Waals surface area contributed by atoms with Gasteiger partial charge < -0.3 is 14.6 Å². The second kappa shape index (κ2) is 6.33. The highest BCUT2D eigenvalue weighted by atomic mass is 16.5. The molecule has 5 rings (SSSR count). The number of methoxy groups -OCH3 is 1. The molecule has 0 unspecified atom stereocenters. The molecule has 2 bridgehead atoms. The minimum atomic E-state index is -0.239. The molecule has 2 aromatic rings. The van der Waals surface area contributed by atoms with Crippen molar-refractivity contribution in [2.45, 2.75) is 51.9 Å². The Kier molecular flexibility index (Phi) is 4.11. The van der Waals surface area contributed by atoms with Crippen molar-refractivity contribution in [1.82, 2.24) is 9.78 Å². The molecule has 1 saturated heterocycles. The normalized spacial score (nSPS) is 35.7. The Labute approximate surface area is 166 Å². The molecule has 2 heterocycles. The Bertz CT molecular complexity index is 863. The molecule has 5 nitrogen and oxygen atoms in total. The summed E-state index contributed by atoms with van der Waals surface area (Å²) < 4.78 is 13.8. The van der Waals surface area contributed by atoms with Gasteiger partial charge in [-0.05, 0) is 60.3 Å². The summed E-state index contributed by atoms with van der Waals surface area (Å²) in [4.78, 5) is 0. The van der Waals surface area contributed by atoms with Crippen LogP contribution in [0.4, 0.5) is 0 Å². The number of benzene rings is 1. The van der Waals surface area contributed by atoms with Crippen LogP contribution in [0.25, 0.3) is 0 Å². The summed E-state index contributed by atoms with van der Waals surface area (Å²) in [7, 11) is 1.71. The van der Waals surface area contributed by atoms with Crippen molar-refractivity contribution in [3.8, 4) is 5.75 Å². The number of aliphatic hydroxyl groups is 1. The van der Waals surface area contributed by atoms with E-state index >= 15 is 0 Å². The van der Waals surface area contributed by atoms with Crippen LogP contribution in [-0.4, -0.2) is 34.7 Å². The van der Waals surface area contributed by atoms with E-state index in [1.807, 2.05) is 23.0 Å². The van der Waals surface area contributed by atoms with Gasteiger partial charge in [-0.3, -0.25) is 4.68 Å². The third-order valence-electron chi connectivity index (χ3n) is 7.96. The Morgan fingerprint density at radius 1 is 1.36 bits per heavy atom. The molecule has 3 fully saturated rings. The molecule has 0 amide bonds. The molecule has 1 aromatic carbocycles. The van der Waals surface area contributed by atoms with E-state index in [4.69, 9.17) is 9.47 Å². The molecule has 5 heteroatoms. The van der Waals surface area contributed by atoms with Crippen LogP contribution in [0.3, 0.4) is 0 Å². The molecule has 150 valence electrons. The van der Waals surface area contributed by atoms with Gasteiger partial charge in [0.15, 0.2) is 0 Å². The fraction of sp³-hybridized carbons (Fsp3) is 0.609. The number of hydrogen-bond donors (Lipinski definition) is 1. The summed E-state index contributed by atoms with van der Waals surface area (Å²) >= 11 is 0. The largest absolute Gasteiger partial charge is 0.496 e. The van der Waals surface area contributed by atoms with Crippen LogP contribution in [0.5, 0.6) is 5.75 Å². The summed E-state index contributed by atoms with van der Waals surface area (Å²) in [5.41, 5.74) is 2.34. The lowest BCUT2D eigenvalue weighted by molar-refractivity contribution is -0.164. The molecular formula is C23H30N2O3. The Morgan fingerprint density at radius 2 is 2.21 bits per heavy atom. The number of hydrogen-bond acceptors (Lipinski definition) is 4. The summed E-state index contributed by atoms with van der Waals surface area (Å²) in [5, 5.41) is 15.6. The Hall–Kier alpha value is -1.85. The first-order chi connectivity index (χ1) is 13.5. The van der Waals surface area contributed by atoms with Crippen molar-refractivity contribution >= 4 is 0 Å². The van der Waals surface area contributed by atoms with Crippen LogP contribution in [0.15, 0.2) is 36.7 Å². The molecule has 1 spiro atoms. The van der Waals surface area contributed by atoms with Crippen molar-refractivity contribution in [3.63, 3.8) is 0 Å². The van der Waals surface area contributed by atoms with Gasteiger partial charge in [0.05, 0.1) is 25.9 Å². The van der Waals surface area contributed by atoms with Crippen LogP contribution in [0.2, 0.25) is 0 Å². The minimum Gasteiger partial charge on any atom is -0.496 e. The second-order valence-corrected chi connectivity index (χ2v) is 9.52. The van der Waals surface area contributed by atoms with E-state index in [9.17, 15) is 5.11 Å². The van der Waals surface area contributed by atoms with Gasteiger partial charge >= 0.3 is 0 Å². The second-order valence-electron chi connectivity index (χ2n) is 9.52. The van der Waals surface area contributed by atoms with Gasteiger partial charge in [-0.15, -0.1) is 0 Å². The molecule has 1 aliphatic heterocycles. The van der Waals surface area contributed by atoms with Gasteiger partial charge in [-0.25, -0.2) is 0 Å². The predicted octanol–water partition coefficient (Wildman–Crippen LogP) is 3.81. The quantitative estimate of drug-likeness (QED) is 0.874. The van der Waals surface area contributed by atoms with Gasteiger partial charge in [-0.2, -0.15) is 5.10 Å².